The van der Waals surface area contributed by atoms with E-state index in [0.717, 1.165) is 5.56 Å². The second-order valence-corrected chi connectivity index (χ2v) is 8.37. The smallest absolute Gasteiger partial charge is 0.337 e. The molecule has 34 heavy (non-hydrogen) atoms. The van der Waals surface area contributed by atoms with Crippen LogP contribution in [0.15, 0.2) is 99.7 Å². The molecule has 0 bridgehead atoms. The molecule has 3 aromatic rings. The molecular formula is C27H22N2O4S. The van der Waals surface area contributed by atoms with Gasteiger partial charge >= 0.3 is 5.97 Å². The van der Waals surface area contributed by atoms with Crippen molar-refractivity contribution in [1.29, 1.82) is 5.26 Å². The third kappa shape index (κ3) is 4.82. The van der Waals surface area contributed by atoms with Crippen molar-refractivity contribution in [2.75, 3.05) is 12.4 Å². The minimum absolute atomic E-state index is 0.0619. The van der Waals surface area contributed by atoms with Gasteiger partial charge in [0.15, 0.2) is 5.78 Å². The van der Waals surface area contributed by atoms with E-state index in [1.54, 1.807) is 31.2 Å². The maximum atomic E-state index is 13.2. The Hall–Kier alpha value is -4.02. The number of thioether (sulfide) groups is 1. The lowest BCUT2D eigenvalue weighted by molar-refractivity contribution is -0.138. The van der Waals surface area contributed by atoms with Crippen molar-refractivity contribution < 1.29 is 18.7 Å². The number of allylic oxidation sites excluding steroid dienone is 1. The van der Waals surface area contributed by atoms with Crippen molar-refractivity contribution in [3.63, 3.8) is 0 Å². The van der Waals surface area contributed by atoms with E-state index >= 15 is 0 Å². The van der Waals surface area contributed by atoms with Crippen LogP contribution in [0.3, 0.4) is 0 Å². The van der Waals surface area contributed by atoms with Crippen LogP contribution in [0.5, 0.6) is 0 Å². The minimum Gasteiger partial charge on any atom is -0.468 e. The van der Waals surface area contributed by atoms with Crippen LogP contribution in [0.1, 0.15) is 34.5 Å². The van der Waals surface area contributed by atoms with E-state index < -0.39 is 11.9 Å². The topological polar surface area (TPSA) is 92.3 Å². The predicted octanol–water partition coefficient (Wildman–Crippen LogP) is 5.29. The molecule has 1 atom stereocenters. The highest BCUT2D eigenvalue weighted by Gasteiger charge is 2.38. The molecule has 6 nitrogen and oxygen atoms in total. The molecule has 170 valence electrons. The standard InChI is InChI=1S/C27H22N2O4S/c1-2-32-27(31)24-23(22-14-9-15-33-22)20(16-28)26(29-25(24)19-12-7-4-8-13-19)34-17-21(30)18-10-5-3-6-11-18/h3-15,23,29H,2,17H2,1H3. The molecule has 0 radical (unpaired) electrons. The van der Waals surface area contributed by atoms with Crippen molar-refractivity contribution in [2.45, 2.75) is 12.8 Å². The number of nitrogens with one attached hydrogen (secondary N) is 1. The molecule has 0 aliphatic carbocycles. The van der Waals surface area contributed by atoms with Crippen LogP contribution in [0, 0.1) is 11.3 Å². The van der Waals surface area contributed by atoms with Gasteiger partial charge in [0.25, 0.3) is 0 Å². The number of benzene rings is 2. The average molecular weight is 471 g/mol. The highest BCUT2D eigenvalue weighted by molar-refractivity contribution is 8.03. The summed E-state index contributed by atoms with van der Waals surface area (Å²) in [6, 6.07) is 24.0. The first-order valence-electron chi connectivity index (χ1n) is 10.8. The average Bonchev–Trinajstić information content (AvgIpc) is 3.42. The van der Waals surface area contributed by atoms with Gasteiger partial charge in [-0.15, -0.1) is 0 Å². The largest absolute Gasteiger partial charge is 0.468 e. The van der Waals surface area contributed by atoms with Gasteiger partial charge in [-0.25, -0.2) is 4.79 Å². The molecule has 1 N–H and O–H groups in total. The molecule has 1 aromatic heterocycles. The van der Waals surface area contributed by atoms with Crippen molar-refractivity contribution in [1.82, 2.24) is 5.32 Å². The Kier molecular flexibility index (Phi) is 7.31. The number of ketones is 1. The zero-order valence-electron chi connectivity index (χ0n) is 18.5. The first kappa shape index (κ1) is 23.1. The number of furan rings is 1. The van der Waals surface area contributed by atoms with Crippen molar-refractivity contribution in [2.24, 2.45) is 0 Å². The second kappa shape index (κ2) is 10.7. The zero-order chi connectivity index (χ0) is 23.9. The van der Waals surface area contributed by atoms with E-state index in [0.29, 0.717) is 33.2 Å². The Labute approximate surface area is 201 Å². The van der Waals surface area contributed by atoms with Crippen LogP contribution in [0.4, 0.5) is 0 Å². The molecule has 0 saturated carbocycles. The number of hydrogen-bond donors (Lipinski definition) is 1. The summed E-state index contributed by atoms with van der Waals surface area (Å²) in [6.45, 7) is 1.92. The van der Waals surface area contributed by atoms with Gasteiger partial charge in [-0.2, -0.15) is 5.26 Å². The molecule has 4 rings (SSSR count). The Balaban J connectivity index is 1.79. The molecule has 7 heteroatoms. The molecule has 1 aliphatic rings. The summed E-state index contributed by atoms with van der Waals surface area (Å²) in [5, 5.41) is 13.9. The Bertz CT molecular complexity index is 1270. The number of ether oxygens (including phenoxy) is 1. The monoisotopic (exact) mass is 470 g/mol. The number of esters is 1. The molecule has 0 saturated heterocycles. The summed E-state index contributed by atoms with van der Waals surface area (Å²) in [5.74, 6) is -0.799. The summed E-state index contributed by atoms with van der Waals surface area (Å²) >= 11 is 1.23. The van der Waals surface area contributed by atoms with E-state index in [1.807, 2.05) is 48.5 Å². The zero-order valence-corrected chi connectivity index (χ0v) is 19.3. The Morgan fingerprint density at radius 1 is 1.06 bits per heavy atom. The van der Waals surface area contributed by atoms with Gasteiger partial charge in [-0.1, -0.05) is 72.4 Å². The number of carbonyl (C=O) groups excluding carboxylic acids is 2. The third-order valence-corrected chi connectivity index (χ3v) is 6.30. The SMILES string of the molecule is CCOC(=O)C1=C(c2ccccc2)NC(SCC(=O)c2ccccc2)=C(C#N)C1c1ccco1. The van der Waals surface area contributed by atoms with Crippen molar-refractivity contribution >= 4 is 29.2 Å². The molecule has 1 aliphatic heterocycles. The summed E-state index contributed by atoms with van der Waals surface area (Å²) in [4.78, 5) is 25.9. The summed E-state index contributed by atoms with van der Waals surface area (Å²) in [6.07, 6.45) is 1.50. The number of dihydropyridines is 1. The van der Waals surface area contributed by atoms with Crippen LogP contribution < -0.4 is 5.32 Å². The van der Waals surface area contributed by atoms with Gasteiger partial charge in [-0.3, -0.25) is 4.79 Å². The van der Waals surface area contributed by atoms with E-state index in [2.05, 4.69) is 11.4 Å². The van der Waals surface area contributed by atoms with Gasteiger partial charge in [-0.05, 0) is 24.6 Å². The summed E-state index contributed by atoms with van der Waals surface area (Å²) < 4.78 is 11.0. The first-order valence-corrected chi connectivity index (χ1v) is 11.7. The quantitative estimate of drug-likeness (QED) is 0.353. The van der Waals surface area contributed by atoms with E-state index in [-0.39, 0.29) is 18.1 Å². The Morgan fingerprint density at radius 2 is 1.76 bits per heavy atom. The number of nitrogens with zero attached hydrogens (tertiary/aromatic N) is 1. The molecular weight excluding hydrogens is 448 g/mol. The maximum absolute atomic E-state index is 13.2. The molecule has 0 amide bonds. The number of nitriles is 1. The van der Waals surface area contributed by atoms with Gasteiger partial charge in [0.1, 0.15) is 5.76 Å². The van der Waals surface area contributed by atoms with Crippen molar-refractivity contribution in [3.8, 4) is 6.07 Å². The van der Waals surface area contributed by atoms with Crippen LogP contribution in [0.2, 0.25) is 0 Å². The van der Waals surface area contributed by atoms with Crippen LogP contribution >= 0.6 is 11.8 Å². The predicted molar refractivity (Wildman–Crippen MR) is 130 cm³/mol. The first-order chi connectivity index (χ1) is 16.6. The fraction of sp³-hybridized carbons (Fsp3) is 0.148. The third-order valence-electron chi connectivity index (χ3n) is 5.28. The van der Waals surface area contributed by atoms with Crippen LogP contribution in [-0.4, -0.2) is 24.1 Å². The Morgan fingerprint density at radius 3 is 2.38 bits per heavy atom. The number of Topliss-reactive ketones (excluding diaryl/α,β-unsaturated/α-hetero) is 1. The number of hydrogen-bond acceptors (Lipinski definition) is 7. The molecule has 2 aromatic carbocycles. The maximum Gasteiger partial charge on any atom is 0.337 e. The lowest BCUT2D eigenvalue weighted by Crippen LogP contribution is -2.29. The van der Waals surface area contributed by atoms with Gasteiger partial charge in [0.2, 0.25) is 0 Å². The lowest BCUT2D eigenvalue weighted by atomic mass is 9.84. The van der Waals surface area contributed by atoms with E-state index in [1.165, 1.54) is 18.0 Å². The highest BCUT2D eigenvalue weighted by atomic mass is 32.2. The van der Waals surface area contributed by atoms with Gasteiger partial charge in [0.05, 0.1) is 52.5 Å². The number of carbonyl (C=O) groups is 2. The van der Waals surface area contributed by atoms with Crippen LogP contribution in [-0.2, 0) is 9.53 Å². The number of rotatable bonds is 8. The fourth-order valence-electron chi connectivity index (χ4n) is 3.74. The second-order valence-electron chi connectivity index (χ2n) is 7.38. The summed E-state index contributed by atoms with van der Waals surface area (Å²) in [5.41, 5.74) is 2.46. The molecule has 2 heterocycles. The molecule has 1 unspecified atom stereocenters. The van der Waals surface area contributed by atoms with E-state index in [4.69, 9.17) is 9.15 Å². The highest BCUT2D eigenvalue weighted by Crippen LogP contribution is 2.43. The lowest BCUT2D eigenvalue weighted by Gasteiger charge is -2.29. The van der Waals surface area contributed by atoms with Gasteiger partial charge < -0.3 is 14.5 Å². The van der Waals surface area contributed by atoms with E-state index in [9.17, 15) is 14.9 Å². The fourth-order valence-corrected chi connectivity index (χ4v) is 4.68. The van der Waals surface area contributed by atoms with Crippen molar-refractivity contribution in [3.05, 3.63) is 112 Å². The van der Waals surface area contributed by atoms with Gasteiger partial charge in [0, 0.05) is 5.56 Å². The normalized spacial score (nSPS) is 15.5. The molecule has 0 spiro atoms. The summed E-state index contributed by atoms with van der Waals surface area (Å²) in [7, 11) is 0. The molecule has 0 fully saturated rings. The van der Waals surface area contributed by atoms with Crippen LogP contribution in [0.25, 0.3) is 5.70 Å². The minimum atomic E-state index is -0.773.